The number of amides is 1. The molecule has 0 bridgehead atoms. The summed E-state index contributed by atoms with van der Waals surface area (Å²) in [6, 6.07) is 2.72. The molecule has 0 atom stereocenters. The standard InChI is InChI=1S/C13H14Cl3F2NO3/c1-21-3-2-19(6-12(17)18)13(20)7-22-11-5-9(15)8(14)4-10(11)16/h4-5,12H,2-3,6-7H2,1H3. The maximum absolute atomic E-state index is 12.5. The molecule has 1 aromatic rings. The molecule has 1 amide bonds. The first kappa shape index (κ1) is 19.2. The van der Waals surface area contributed by atoms with Gasteiger partial charge in [0.15, 0.2) is 6.61 Å². The minimum absolute atomic E-state index is 0.0398. The molecule has 0 fully saturated rings. The van der Waals surface area contributed by atoms with E-state index in [1.165, 1.54) is 19.2 Å². The lowest BCUT2D eigenvalue weighted by Gasteiger charge is -2.22. The van der Waals surface area contributed by atoms with E-state index in [9.17, 15) is 13.6 Å². The maximum atomic E-state index is 12.5. The van der Waals surface area contributed by atoms with Crippen LogP contribution in [0.15, 0.2) is 12.1 Å². The zero-order valence-corrected chi connectivity index (χ0v) is 13.9. The molecule has 0 saturated carbocycles. The summed E-state index contributed by atoms with van der Waals surface area (Å²) in [7, 11) is 1.41. The van der Waals surface area contributed by atoms with Crippen LogP contribution in [-0.2, 0) is 9.53 Å². The van der Waals surface area contributed by atoms with Crippen LogP contribution in [0.3, 0.4) is 0 Å². The van der Waals surface area contributed by atoms with Crippen molar-refractivity contribution in [2.75, 3.05) is 33.4 Å². The Bertz CT molecular complexity index is 518. The quantitative estimate of drug-likeness (QED) is 0.648. The normalized spacial score (nSPS) is 10.9. The lowest BCUT2D eigenvalue weighted by atomic mass is 10.3. The fourth-order valence-electron chi connectivity index (χ4n) is 1.53. The van der Waals surface area contributed by atoms with Crippen LogP contribution in [0.25, 0.3) is 0 Å². The molecule has 0 heterocycles. The van der Waals surface area contributed by atoms with Gasteiger partial charge in [-0.3, -0.25) is 4.79 Å². The summed E-state index contributed by atoms with van der Waals surface area (Å²) >= 11 is 17.5. The predicted octanol–water partition coefficient (Wildman–Crippen LogP) is 3.77. The average molecular weight is 377 g/mol. The molecule has 4 nitrogen and oxygen atoms in total. The van der Waals surface area contributed by atoms with Crippen molar-refractivity contribution >= 4 is 40.7 Å². The minimum Gasteiger partial charge on any atom is -0.482 e. The third-order valence-electron chi connectivity index (χ3n) is 2.60. The SMILES string of the molecule is COCCN(CC(F)F)C(=O)COc1cc(Cl)c(Cl)cc1Cl. The van der Waals surface area contributed by atoms with Crippen LogP contribution < -0.4 is 4.74 Å². The third kappa shape index (κ3) is 6.12. The number of carbonyl (C=O) groups is 1. The van der Waals surface area contributed by atoms with Crippen molar-refractivity contribution < 1.29 is 23.0 Å². The average Bonchev–Trinajstić information content (AvgIpc) is 2.45. The highest BCUT2D eigenvalue weighted by Gasteiger charge is 2.19. The zero-order chi connectivity index (χ0) is 16.7. The van der Waals surface area contributed by atoms with Gasteiger partial charge in [-0.1, -0.05) is 34.8 Å². The van der Waals surface area contributed by atoms with Crippen molar-refractivity contribution in [3.63, 3.8) is 0 Å². The lowest BCUT2D eigenvalue weighted by molar-refractivity contribution is -0.136. The maximum Gasteiger partial charge on any atom is 0.260 e. The summed E-state index contributed by atoms with van der Waals surface area (Å²) < 4.78 is 34.9. The summed E-state index contributed by atoms with van der Waals surface area (Å²) in [5, 5.41) is 0.613. The van der Waals surface area contributed by atoms with Crippen LogP contribution >= 0.6 is 34.8 Å². The van der Waals surface area contributed by atoms with E-state index in [2.05, 4.69) is 0 Å². The van der Waals surface area contributed by atoms with Gasteiger partial charge in [-0.25, -0.2) is 8.78 Å². The minimum atomic E-state index is -2.64. The largest absolute Gasteiger partial charge is 0.482 e. The molecule has 0 unspecified atom stereocenters. The van der Waals surface area contributed by atoms with Gasteiger partial charge in [-0.15, -0.1) is 0 Å². The van der Waals surface area contributed by atoms with Crippen molar-refractivity contribution in [3.05, 3.63) is 27.2 Å². The van der Waals surface area contributed by atoms with E-state index in [1.54, 1.807) is 0 Å². The van der Waals surface area contributed by atoms with E-state index < -0.39 is 25.5 Å². The van der Waals surface area contributed by atoms with Gasteiger partial charge >= 0.3 is 0 Å². The number of benzene rings is 1. The fraction of sp³-hybridized carbons (Fsp3) is 0.462. The number of carbonyl (C=O) groups excluding carboxylic acids is 1. The summed E-state index contributed by atoms with van der Waals surface area (Å²) in [6.07, 6.45) is -2.64. The Hall–Kier alpha value is -0.820. The highest BCUT2D eigenvalue weighted by molar-refractivity contribution is 6.43. The van der Waals surface area contributed by atoms with Gasteiger partial charge in [-0.05, 0) is 6.07 Å². The Labute approximate surface area is 141 Å². The van der Waals surface area contributed by atoms with Crippen LogP contribution in [0.1, 0.15) is 0 Å². The molecule has 22 heavy (non-hydrogen) atoms. The zero-order valence-electron chi connectivity index (χ0n) is 11.6. The van der Waals surface area contributed by atoms with E-state index in [1.807, 2.05) is 0 Å². The second kappa shape index (κ2) is 9.35. The Kier molecular flexibility index (Phi) is 8.17. The van der Waals surface area contributed by atoms with Crippen LogP contribution in [0.5, 0.6) is 5.75 Å². The predicted molar refractivity (Wildman–Crippen MR) is 81.4 cm³/mol. The summed E-state index contributed by atoms with van der Waals surface area (Å²) in [5.74, 6) is -0.465. The molecule has 0 N–H and O–H groups in total. The van der Waals surface area contributed by atoms with Crippen molar-refractivity contribution in [1.82, 2.24) is 4.90 Å². The van der Waals surface area contributed by atoms with E-state index in [-0.39, 0.29) is 34.0 Å². The highest BCUT2D eigenvalue weighted by atomic mass is 35.5. The lowest BCUT2D eigenvalue weighted by Crippen LogP contribution is -2.40. The van der Waals surface area contributed by atoms with Crippen LogP contribution in [0.4, 0.5) is 8.78 Å². The molecular formula is C13H14Cl3F2NO3. The first-order valence-electron chi connectivity index (χ1n) is 6.17. The topological polar surface area (TPSA) is 38.8 Å². The van der Waals surface area contributed by atoms with Crippen molar-refractivity contribution in [2.24, 2.45) is 0 Å². The first-order chi connectivity index (χ1) is 10.3. The number of methoxy groups -OCH3 is 1. The molecule has 1 aromatic carbocycles. The van der Waals surface area contributed by atoms with Gasteiger partial charge in [-0.2, -0.15) is 0 Å². The summed E-state index contributed by atoms with van der Waals surface area (Å²) in [6.45, 7) is -0.959. The Morgan fingerprint density at radius 2 is 1.86 bits per heavy atom. The van der Waals surface area contributed by atoms with Crippen molar-refractivity contribution in [1.29, 1.82) is 0 Å². The Balaban J connectivity index is 2.67. The van der Waals surface area contributed by atoms with Crippen LogP contribution in [0.2, 0.25) is 15.1 Å². The van der Waals surface area contributed by atoms with E-state index in [0.717, 1.165) is 4.90 Å². The van der Waals surface area contributed by atoms with Crippen LogP contribution in [-0.4, -0.2) is 50.6 Å². The molecule has 0 aliphatic rings. The summed E-state index contributed by atoms with van der Waals surface area (Å²) in [4.78, 5) is 12.9. The number of alkyl halides is 2. The Morgan fingerprint density at radius 3 is 2.45 bits per heavy atom. The number of ether oxygens (including phenoxy) is 2. The molecule has 1 rings (SSSR count). The van der Waals surface area contributed by atoms with Gasteiger partial charge in [0.1, 0.15) is 5.75 Å². The van der Waals surface area contributed by atoms with Gasteiger partial charge in [0.05, 0.1) is 28.2 Å². The molecule has 124 valence electrons. The van der Waals surface area contributed by atoms with Gasteiger partial charge in [0.2, 0.25) is 0 Å². The molecule has 9 heteroatoms. The second-order valence-corrected chi connectivity index (χ2v) is 5.43. The van der Waals surface area contributed by atoms with Crippen LogP contribution in [0, 0.1) is 0 Å². The molecule has 0 saturated heterocycles. The number of hydrogen-bond donors (Lipinski definition) is 0. The Morgan fingerprint density at radius 1 is 1.23 bits per heavy atom. The molecular weight excluding hydrogens is 363 g/mol. The molecule has 0 aromatic heterocycles. The number of rotatable bonds is 8. The number of halogens is 5. The van der Waals surface area contributed by atoms with Crippen molar-refractivity contribution in [2.45, 2.75) is 6.43 Å². The monoisotopic (exact) mass is 375 g/mol. The molecule has 0 aliphatic heterocycles. The smallest absolute Gasteiger partial charge is 0.260 e. The fourth-order valence-corrected chi connectivity index (χ4v) is 2.12. The first-order valence-corrected chi connectivity index (χ1v) is 7.30. The highest BCUT2D eigenvalue weighted by Crippen LogP contribution is 2.33. The molecule has 0 radical (unpaired) electrons. The molecule has 0 spiro atoms. The van der Waals surface area contributed by atoms with Crippen molar-refractivity contribution in [3.8, 4) is 5.75 Å². The van der Waals surface area contributed by atoms with E-state index in [0.29, 0.717) is 0 Å². The van der Waals surface area contributed by atoms with Gasteiger partial charge in [0.25, 0.3) is 12.3 Å². The number of hydrogen-bond acceptors (Lipinski definition) is 3. The second-order valence-electron chi connectivity index (χ2n) is 4.21. The van der Waals surface area contributed by atoms with Gasteiger partial charge < -0.3 is 14.4 Å². The third-order valence-corrected chi connectivity index (χ3v) is 3.62. The van der Waals surface area contributed by atoms with Gasteiger partial charge in [0, 0.05) is 19.7 Å². The van der Waals surface area contributed by atoms with E-state index in [4.69, 9.17) is 44.3 Å². The molecule has 0 aliphatic carbocycles. The van der Waals surface area contributed by atoms with E-state index >= 15 is 0 Å². The summed E-state index contributed by atoms with van der Waals surface area (Å²) in [5.41, 5.74) is 0. The number of nitrogens with zero attached hydrogens (tertiary/aromatic N) is 1.